The molecule has 0 radical (unpaired) electrons. The Bertz CT molecular complexity index is 1360. The molecule has 4 aromatic rings. The molecule has 0 aliphatic rings. The number of rotatable bonds is 7. The van der Waals surface area contributed by atoms with E-state index in [0.29, 0.717) is 38.0 Å². The number of anilines is 1. The Labute approximate surface area is 212 Å². The molecule has 5 nitrogen and oxygen atoms in total. The molecule has 4 rings (SSSR count). The van der Waals surface area contributed by atoms with Crippen molar-refractivity contribution < 1.29 is 18.3 Å². The second-order valence-corrected chi connectivity index (χ2v) is 8.97. The summed E-state index contributed by atoms with van der Waals surface area (Å²) >= 11 is 15.6. The van der Waals surface area contributed by atoms with Crippen LogP contribution >= 0.6 is 39.1 Å². The van der Waals surface area contributed by atoms with Crippen molar-refractivity contribution in [2.75, 3.05) is 5.32 Å². The van der Waals surface area contributed by atoms with Gasteiger partial charge in [-0.2, -0.15) is 5.10 Å². The monoisotopic (exact) mass is 565 g/mol. The van der Waals surface area contributed by atoms with E-state index in [4.69, 9.17) is 27.9 Å². The summed E-state index contributed by atoms with van der Waals surface area (Å²) in [5, 5.41) is 8.22. The summed E-state index contributed by atoms with van der Waals surface area (Å²) < 4.78 is 34.4. The van der Waals surface area contributed by atoms with Gasteiger partial charge in [0.05, 0.1) is 11.0 Å². The van der Waals surface area contributed by atoms with E-state index in [1.807, 2.05) is 6.07 Å². The van der Waals surface area contributed by atoms with Crippen LogP contribution in [0.4, 0.5) is 14.6 Å². The minimum Gasteiger partial charge on any atom is -0.486 e. The van der Waals surface area contributed by atoms with Gasteiger partial charge in [0.15, 0.2) is 17.4 Å². The van der Waals surface area contributed by atoms with E-state index in [2.05, 4.69) is 26.3 Å². The molecule has 3 aromatic carbocycles. The third-order valence-corrected chi connectivity index (χ3v) is 5.94. The number of nitrogens with zero attached hydrogens (tertiary/aromatic N) is 2. The highest BCUT2D eigenvalue weighted by atomic mass is 79.9. The summed E-state index contributed by atoms with van der Waals surface area (Å²) in [5.41, 5.74) is 1.82. The molecule has 0 aliphatic heterocycles. The fourth-order valence-electron chi connectivity index (χ4n) is 3.12. The van der Waals surface area contributed by atoms with Crippen molar-refractivity contribution in [3.8, 4) is 5.75 Å². The van der Waals surface area contributed by atoms with E-state index in [0.717, 1.165) is 17.7 Å². The third kappa shape index (κ3) is 5.94. The molecule has 0 aliphatic carbocycles. The van der Waals surface area contributed by atoms with Gasteiger partial charge in [0.25, 0.3) is 5.91 Å². The van der Waals surface area contributed by atoms with Gasteiger partial charge in [0.2, 0.25) is 0 Å². The van der Waals surface area contributed by atoms with Crippen molar-refractivity contribution in [2.24, 2.45) is 0 Å². The van der Waals surface area contributed by atoms with Crippen molar-refractivity contribution in [2.45, 2.75) is 13.2 Å². The zero-order chi connectivity index (χ0) is 24.2. The molecule has 10 heteroatoms. The fourth-order valence-corrected chi connectivity index (χ4v) is 4.01. The number of hydrogen-bond donors (Lipinski definition) is 1. The second-order valence-electron chi connectivity index (χ2n) is 7.28. The molecule has 1 aromatic heterocycles. The molecule has 1 heterocycles. The molecule has 0 bridgehead atoms. The summed E-state index contributed by atoms with van der Waals surface area (Å²) in [6, 6.07) is 15.0. The van der Waals surface area contributed by atoms with Crippen LogP contribution in [0.5, 0.6) is 5.75 Å². The van der Waals surface area contributed by atoms with Gasteiger partial charge in [0, 0.05) is 27.9 Å². The summed E-state index contributed by atoms with van der Waals surface area (Å²) in [4.78, 5) is 12.8. The molecule has 0 atom stereocenters. The average molecular weight is 567 g/mol. The fraction of sp³-hybridized carbons (Fsp3) is 0.0833. The van der Waals surface area contributed by atoms with Crippen molar-refractivity contribution in [3.05, 3.63) is 110 Å². The smallest absolute Gasteiger partial charge is 0.256 e. The first kappa shape index (κ1) is 24.2. The highest BCUT2D eigenvalue weighted by Crippen LogP contribution is 2.25. The predicted molar refractivity (Wildman–Crippen MR) is 131 cm³/mol. The van der Waals surface area contributed by atoms with Crippen LogP contribution in [0.3, 0.4) is 0 Å². The summed E-state index contributed by atoms with van der Waals surface area (Å²) in [7, 11) is 0. The predicted octanol–water partition coefficient (Wildman–Crippen LogP) is 7.11. The summed E-state index contributed by atoms with van der Waals surface area (Å²) in [6.07, 6.45) is 1.72. The lowest BCUT2D eigenvalue weighted by atomic mass is 10.1. The van der Waals surface area contributed by atoms with Gasteiger partial charge in [0.1, 0.15) is 12.4 Å². The summed E-state index contributed by atoms with van der Waals surface area (Å²) in [6.45, 7) is 0.390. The van der Waals surface area contributed by atoms with Gasteiger partial charge in [-0.15, -0.1) is 0 Å². The first-order valence-corrected chi connectivity index (χ1v) is 11.5. The van der Waals surface area contributed by atoms with Crippen LogP contribution in [0.15, 0.2) is 71.3 Å². The topological polar surface area (TPSA) is 56.2 Å². The van der Waals surface area contributed by atoms with Gasteiger partial charge < -0.3 is 10.1 Å². The van der Waals surface area contributed by atoms with Gasteiger partial charge in [-0.3, -0.25) is 9.48 Å². The second kappa shape index (κ2) is 10.5. The van der Waals surface area contributed by atoms with Gasteiger partial charge in [-0.25, -0.2) is 8.78 Å². The lowest BCUT2D eigenvalue weighted by molar-refractivity contribution is 0.102. The van der Waals surface area contributed by atoms with E-state index >= 15 is 0 Å². The zero-order valence-electron chi connectivity index (χ0n) is 17.4. The highest BCUT2D eigenvalue weighted by molar-refractivity contribution is 9.10. The van der Waals surface area contributed by atoms with Crippen molar-refractivity contribution >= 4 is 50.9 Å². The molecular weight excluding hydrogens is 551 g/mol. The van der Waals surface area contributed by atoms with Crippen LogP contribution in [0.1, 0.15) is 21.5 Å². The van der Waals surface area contributed by atoms with Crippen LogP contribution < -0.4 is 10.1 Å². The Hall–Kier alpha value is -2.94. The number of amides is 1. The number of aromatic nitrogens is 2. The Morgan fingerprint density at radius 2 is 1.91 bits per heavy atom. The number of benzene rings is 3. The van der Waals surface area contributed by atoms with Crippen LogP contribution in [0.25, 0.3) is 0 Å². The number of ether oxygens (including phenoxy) is 1. The van der Waals surface area contributed by atoms with E-state index in [-0.39, 0.29) is 18.3 Å². The standard InChI is InChI=1S/C24H16BrCl2F2N3O2/c25-19-12-32(11-16-4-5-17(26)9-20(16)27)31-23(19)30-24(33)15-3-1-2-14(8-15)13-34-22-7-6-18(28)10-21(22)29/h1-10,12H,11,13H2,(H,30,31,33). The van der Waals surface area contributed by atoms with Crippen LogP contribution in [-0.4, -0.2) is 15.7 Å². The number of nitrogens with one attached hydrogen (secondary N) is 1. The molecule has 1 N–H and O–H groups in total. The van der Waals surface area contributed by atoms with E-state index in [1.54, 1.807) is 47.3 Å². The SMILES string of the molecule is O=C(Nc1nn(Cc2ccc(Cl)cc2Cl)cc1Br)c1cccc(COc2ccc(F)cc2F)c1. The van der Waals surface area contributed by atoms with Crippen LogP contribution in [0, 0.1) is 11.6 Å². The van der Waals surface area contributed by atoms with Crippen molar-refractivity contribution in [1.82, 2.24) is 9.78 Å². The normalized spacial score (nSPS) is 10.9. The molecule has 0 saturated heterocycles. The number of halogens is 5. The third-order valence-electron chi connectivity index (χ3n) is 4.77. The molecule has 0 spiro atoms. The number of carbonyl (C=O) groups excluding carboxylic acids is 1. The lowest BCUT2D eigenvalue weighted by Gasteiger charge is -2.09. The van der Waals surface area contributed by atoms with E-state index in [1.165, 1.54) is 6.07 Å². The molecular formula is C24H16BrCl2F2N3O2. The van der Waals surface area contributed by atoms with Crippen LogP contribution in [0.2, 0.25) is 10.0 Å². The first-order valence-electron chi connectivity index (χ1n) is 9.93. The lowest BCUT2D eigenvalue weighted by Crippen LogP contribution is -2.13. The summed E-state index contributed by atoms with van der Waals surface area (Å²) in [5.74, 6) is -1.61. The van der Waals surface area contributed by atoms with E-state index in [9.17, 15) is 13.6 Å². The highest BCUT2D eigenvalue weighted by Gasteiger charge is 2.14. The largest absolute Gasteiger partial charge is 0.486 e. The minimum absolute atomic E-state index is 0.00381. The minimum atomic E-state index is -0.797. The average Bonchev–Trinajstić information content (AvgIpc) is 3.14. The van der Waals surface area contributed by atoms with Crippen LogP contribution in [-0.2, 0) is 13.2 Å². The van der Waals surface area contributed by atoms with Gasteiger partial charge >= 0.3 is 0 Å². The number of hydrogen-bond acceptors (Lipinski definition) is 3. The Morgan fingerprint density at radius 1 is 1.09 bits per heavy atom. The zero-order valence-corrected chi connectivity index (χ0v) is 20.5. The molecule has 1 amide bonds. The maximum absolute atomic E-state index is 13.8. The maximum atomic E-state index is 13.8. The Morgan fingerprint density at radius 3 is 2.68 bits per heavy atom. The van der Waals surface area contributed by atoms with E-state index < -0.39 is 11.6 Å². The first-order chi connectivity index (χ1) is 16.3. The Kier molecular flexibility index (Phi) is 7.50. The quantitative estimate of drug-likeness (QED) is 0.259. The molecule has 34 heavy (non-hydrogen) atoms. The maximum Gasteiger partial charge on any atom is 0.256 e. The molecule has 0 fully saturated rings. The Balaban J connectivity index is 1.42. The van der Waals surface area contributed by atoms with Crippen molar-refractivity contribution in [3.63, 3.8) is 0 Å². The van der Waals surface area contributed by atoms with Gasteiger partial charge in [-0.05, 0) is 63.5 Å². The van der Waals surface area contributed by atoms with Crippen molar-refractivity contribution in [1.29, 1.82) is 0 Å². The van der Waals surface area contributed by atoms with Gasteiger partial charge in [-0.1, -0.05) is 41.4 Å². The molecule has 0 saturated carbocycles. The molecule has 174 valence electrons. The molecule has 0 unspecified atom stereocenters. The number of carbonyl (C=O) groups is 1.